The van der Waals surface area contributed by atoms with Gasteiger partial charge in [-0.3, -0.25) is 9.97 Å². The minimum Gasteiger partial charge on any atom is -0.369 e. The Balaban J connectivity index is 2.70. The summed E-state index contributed by atoms with van der Waals surface area (Å²) in [7, 11) is 1.92. The van der Waals surface area contributed by atoms with Crippen LogP contribution in [-0.4, -0.2) is 19.5 Å². The molecule has 0 aliphatic carbocycles. The number of hydrogen-bond acceptors (Lipinski definition) is 4. The van der Waals surface area contributed by atoms with E-state index in [0.717, 1.165) is 33.2 Å². The smallest absolute Gasteiger partial charge is 0.201 e. The molecule has 2 heterocycles. The fraction of sp³-hybridized carbons (Fsp3) is 0.250. The van der Waals surface area contributed by atoms with Gasteiger partial charge in [0, 0.05) is 19.4 Å². The molecule has 0 bridgehead atoms. The lowest BCUT2D eigenvalue weighted by Crippen LogP contribution is -1.98. The molecule has 0 saturated heterocycles. The molecule has 0 unspecified atom stereocenters. The number of fused-ring (bicyclic) bond motifs is 3. The first kappa shape index (κ1) is 10.0. The molecule has 17 heavy (non-hydrogen) atoms. The first-order valence-electron chi connectivity index (χ1n) is 5.43. The number of nitrogens with zero attached hydrogens (tertiary/aromatic N) is 4. The fourth-order valence-corrected chi connectivity index (χ4v) is 2.25. The van der Waals surface area contributed by atoms with Gasteiger partial charge in [0.15, 0.2) is 0 Å². The van der Waals surface area contributed by atoms with E-state index in [2.05, 4.69) is 28.8 Å². The Morgan fingerprint density at radius 2 is 1.65 bits per heavy atom. The van der Waals surface area contributed by atoms with Crippen molar-refractivity contribution in [2.45, 2.75) is 13.8 Å². The largest absolute Gasteiger partial charge is 0.369 e. The van der Waals surface area contributed by atoms with Gasteiger partial charge in [0.1, 0.15) is 11.0 Å². The molecule has 0 fully saturated rings. The summed E-state index contributed by atoms with van der Waals surface area (Å²) in [5.41, 5.74) is 11.7. The second-order valence-corrected chi connectivity index (χ2v) is 4.23. The van der Waals surface area contributed by atoms with Crippen LogP contribution >= 0.6 is 0 Å². The van der Waals surface area contributed by atoms with Crippen LogP contribution < -0.4 is 5.73 Å². The van der Waals surface area contributed by atoms with Gasteiger partial charge < -0.3 is 10.3 Å². The molecular weight excluding hydrogens is 214 g/mol. The molecule has 3 aromatic rings. The number of rotatable bonds is 0. The third-order valence-electron chi connectivity index (χ3n) is 3.33. The van der Waals surface area contributed by atoms with Gasteiger partial charge in [0.2, 0.25) is 5.95 Å². The Hall–Kier alpha value is -2.17. The average Bonchev–Trinajstić information content (AvgIpc) is 2.63. The summed E-state index contributed by atoms with van der Waals surface area (Å²) in [4.78, 5) is 13.1. The highest BCUT2D eigenvalue weighted by molar-refractivity contribution is 6.04. The zero-order valence-electron chi connectivity index (χ0n) is 10.0. The summed E-state index contributed by atoms with van der Waals surface area (Å²) in [6.07, 6.45) is 3.38. The van der Waals surface area contributed by atoms with Crippen molar-refractivity contribution >= 4 is 28.0 Å². The molecule has 5 nitrogen and oxygen atoms in total. The number of aryl methyl sites for hydroxylation is 3. The van der Waals surface area contributed by atoms with Gasteiger partial charge in [0.25, 0.3) is 0 Å². The van der Waals surface area contributed by atoms with Crippen LogP contribution in [0.3, 0.4) is 0 Å². The lowest BCUT2D eigenvalue weighted by atomic mass is 10.1. The molecule has 86 valence electrons. The van der Waals surface area contributed by atoms with Crippen LogP contribution in [0, 0.1) is 13.8 Å². The van der Waals surface area contributed by atoms with Crippen molar-refractivity contribution in [1.82, 2.24) is 19.5 Å². The molecule has 0 saturated carbocycles. The average molecular weight is 227 g/mol. The molecule has 0 radical (unpaired) electrons. The van der Waals surface area contributed by atoms with E-state index >= 15 is 0 Å². The number of anilines is 1. The van der Waals surface area contributed by atoms with E-state index in [9.17, 15) is 0 Å². The summed E-state index contributed by atoms with van der Waals surface area (Å²) in [5, 5.41) is 0. The summed E-state index contributed by atoms with van der Waals surface area (Å²) in [6, 6.07) is 0. The molecule has 0 spiro atoms. The molecule has 0 aliphatic heterocycles. The zero-order chi connectivity index (χ0) is 12.2. The van der Waals surface area contributed by atoms with Crippen molar-refractivity contribution in [2.24, 2.45) is 7.05 Å². The summed E-state index contributed by atoms with van der Waals surface area (Å²) < 4.78 is 1.89. The SMILES string of the molecule is Cc1c(C)c2c(nc(N)n2C)c2nccnc12. The molecule has 0 atom stereocenters. The predicted molar refractivity (Wildman–Crippen MR) is 67.7 cm³/mol. The van der Waals surface area contributed by atoms with E-state index in [1.807, 2.05) is 11.6 Å². The second kappa shape index (κ2) is 3.16. The minimum atomic E-state index is 0.501. The van der Waals surface area contributed by atoms with E-state index in [-0.39, 0.29) is 0 Å². The van der Waals surface area contributed by atoms with Gasteiger partial charge >= 0.3 is 0 Å². The van der Waals surface area contributed by atoms with Gasteiger partial charge in [-0.25, -0.2) is 4.98 Å². The van der Waals surface area contributed by atoms with E-state index in [4.69, 9.17) is 5.73 Å². The molecule has 0 amide bonds. The number of hydrogen-bond donors (Lipinski definition) is 1. The van der Waals surface area contributed by atoms with Crippen molar-refractivity contribution in [3.63, 3.8) is 0 Å². The third kappa shape index (κ3) is 1.16. The van der Waals surface area contributed by atoms with Crippen LogP contribution in [-0.2, 0) is 7.05 Å². The minimum absolute atomic E-state index is 0.501. The monoisotopic (exact) mass is 227 g/mol. The molecule has 5 heteroatoms. The fourth-order valence-electron chi connectivity index (χ4n) is 2.25. The number of benzene rings is 1. The van der Waals surface area contributed by atoms with Crippen LogP contribution in [0.25, 0.3) is 22.1 Å². The number of imidazole rings is 1. The normalized spacial score (nSPS) is 11.5. The van der Waals surface area contributed by atoms with Crippen molar-refractivity contribution < 1.29 is 0 Å². The Labute approximate surface area is 98.3 Å². The van der Waals surface area contributed by atoms with E-state index < -0.39 is 0 Å². The van der Waals surface area contributed by atoms with Gasteiger partial charge in [0.05, 0.1) is 11.0 Å². The van der Waals surface area contributed by atoms with Crippen molar-refractivity contribution in [3.05, 3.63) is 23.5 Å². The van der Waals surface area contributed by atoms with Crippen LogP contribution in [0.2, 0.25) is 0 Å². The van der Waals surface area contributed by atoms with Crippen LogP contribution in [0.4, 0.5) is 5.95 Å². The lowest BCUT2D eigenvalue weighted by molar-refractivity contribution is 0.960. The summed E-state index contributed by atoms with van der Waals surface area (Å²) in [6.45, 7) is 4.11. The highest BCUT2D eigenvalue weighted by atomic mass is 15.1. The number of nitrogen functional groups attached to an aromatic ring is 1. The maximum absolute atomic E-state index is 5.87. The predicted octanol–water partition coefficient (Wildman–Crippen LogP) is 1.72. The quantitative estimate of drug-likeness (QED) is 0.634. The molecule has 2 N–H and O–H groups in total. The van der Waals surface area contributed by atoms with Gasteiger partial charge in [-0.05, 0) is 25.0 Å². The Morgan fingerprint density at radius 1 is 1.00 bits per heavy atom. The molecule has 1 aromatic carbocycles. The number of aromatic nitrogens is 4. The third-order valence-corrected chi connectivity index (χ3v) is 3.33. The molecular formula is C12H13N5. The van der Waals surface area contributed by atoms with Crippen LogP contribution in [0.1, 0.15) is 11.1 Å². The molecule has 0 aliphatic rings. The summed E-state index contributed by atoms with van der Waals surface area (Å²) >= 11 is 0. The van der Waals surface area contributed by atoms with Gasteiger partial charge in [-0.2, -0.15) is 0 Å². The van der Waals surface area contributed by atoms with E-state index in [1.54, 1.807) is 12.4 Å². The maximum atomic E-state index is 5.87. The highest BCUT2D eigenvalue weighted by Crippen LogP contribution is 2.29. The van der Waals surface area contributed by atoms with Crippen LogP contribution in [0.15, 0.2) is 12.4 Å². The van der Waals surface area contributed by atoms with Gasteiger partial charge in [-0.15, -0.1) is 0 Å². The van der Waals surface area contributed by atoms with Gasteiger partial charge in [-0.1, -0.05) is 0 Å². The Bertz CT molecular complexity index is 742. The molecule has 2 aromatic heterocycles. The maximum Gasteiger partial charge on any atom is 0.201 e. The Morgan fingerprint density at radius 3 is 2.35 bits per heavy atom. The lowest BCUT2D eigenvalue weighted by Gasteiger charge is -2.07. The second-order valence-electron chi connectivity index (χ2n) is 4.23. The topological polar surface area (TPSA) is 69.6 Å². The first-order chi connectivity index (χ1) is 8.11. The van der Waals surface area contributed by atoms with E-state index in [0.29, 0.717) is 5.95 Å². The van der Waals surface area contributed by atoms with Crippen molar-refractivity contribution in [1.29, 1.82) is 0 Å². The van der Waals surface area contributed by atoms with E-state index in [1.165, 1.54) is 0 Å². The standard InChI is InChI=1S/C12H13N5/c1-6-7(2)11-10(16-12(13)17(11)3)9-8(6)14-4-5-15-9/h4-5H,1-3H3,(H2,13,16). The van der Waals surface area contributed by atoms with Crippen molar-refractivity contribution in [2.75, 3.05) is 5.73 Å². The highest BCUT2D eigenvalue weighted by Gasteiger charge is 2.15. The van der Waals surface area contributed by atoms with Crippen molar-refractivity contribution in [3.8, 4) is 0 Å². The van der Waals surface area contributed by atoms with Crippen LogP contribution in [0.5, 0.6) is 0 Å². The first-order valence-corrected chi connectivity index (χ1v) is 5.43. The number of nitrogens with two attached hydrogens (primary N) is 1. The zero-order valence-corrected chi connectivity index (χ0v) is 10.0. The Kier molecular flexibility index (Phi) is 1.86. The summed E-state index contributed by atoms with van der Waals surface area (Å²) in [5.74, 6) is 0.501. The molecule has 3 rings (SSSR count).